The molecule has 1 aliphatic rings. The van der Waals surface area contributed by atoms with Crippen molar-refractivity contribution in [3.05, 3.63) is 23.8 Å². The summed E-state index contributed by atoms with van der Waals surface area (Å²) < 4.78 is 38.1. The molecule has 0 aromatic heterocycles. The zero-order chi connectivity index (χ0) is 15.5. The van der Waals surface area contributed by atoms with Crippen LogP contribution in [0.2, 0.25) is 0 Å². The molecule has 21 heavy (non-hydrogen) atoms. The summed E-state index contributed by atoms with van der Waals surface area (Å²) in [6, 6.07) is 3.80. The predicted octanol–water partition coefficient (Wildman–Crippen LogP) is 0.536. The van der Waals surface area contributed by atoms with Crippen LogP contribution in [0.5, 0.6) is 5.75 Å². The lowest BCUT2D eigenvalue weighted by atomic mass is 10.1. The van der Waals surface area contributed by atoms with E-state index in [9.17, 15) is 13.2 Å². The van der Waals surface area contributed by atoms with Gasteiger partial charge in [0, 0.05) is 12.5 Å². The highest BCUT2D eigenvalue weighted by Crippen LogP contribution is 2.23. The largest absolute Gasteiger partial charge is 0.496 e. The van der Waals surface area contributed by atoms with E-state index in [-0.39, 0.29) is 28.7 Å². The number of hydrogen-bond donors (Lipinski definition) is 1. The van der Waals surface area contributed by atoms with Crippen LogP contribution in [0.3, 0.4) is 0 Å². The van der Waals surface area contributed by atoms with Crippen LogP contribution in [0.4, 0.5) is 0 Å². The Morgan fingerprint density at radius 3 is 2.81 bits per heavy atom. The van der Waals surface area contributed by atoms with Gasteiger partial charge in [-0.15, -0.1) is 0 Å². The van der Waals surface area contributed by atoms with Gasteiger partial charge < -0.3 is 14.2 Å². The lowest BCUT2D eigenvalue weighted by molar-refractivity contribution is 0.0424. The first-order valence-corrected chi connectivity index (χ1v) is 7.92. The minimum Gasteiger partial charge on any atom is -0.496 e. The molecule has 0 radical (unpaired) electrons. The maximum absolute atomic E-state index is 12.1. The van der Waals surface area contributed by atoms with E-state index in [4.69, 9.17) is 19.3 Å². The summed E-state index contributed by atoms with van der Waals surface area (Å²) in [4.78, 5) is 11.9. The Kier molecular flexibility index (Phi) is 4.81. The lowest BCUT2D eigenvalue weighted by Crippen LogP contribution is -2.17. The molecule has 2 rings (SSSR count). The maximum atomic E-state index is 12.1. The van der Waals surface area contributed by atoms with Crippen molar-refractivity contribution in [2.75, 3.05) is 26.9 Å². The van der Waals surface area contributed by atoms with E-state index in [2.05, 4.69) is 0 Å². The van der Waals surface area contributed by atoms with Gasteiger partial charge in [-0.2, -0.15) is 0 Å². The van der Waals surface area contributed by atoms with E-state index in [0.29, 0.717) is 13.2 Å². The fourth-order valence-electron chi connectivity index (χ4n) is 2.01. The van der Waals surface area contributed by atoms with E-state index >= 15 is 0 Å². The third kappa shape index (κ3) is 3.93. The minimum atomic E-state index is -3.90. The topological polar surface area (TPSA) is 105 Å². The summed E-state index contributed by atoms with van der Waals surface area (Å²) in [6.45, 7) is 1.44. The molecule has 0 spiro atoms. The van der Waals surface area contributed by atoms with Crippen molar-refractivity contribution in [1.82, 2.24) is 0 Å². The highest BCUT2D eigenvalue weighted by molar-refractivity contribution is 7.89. The fraction of sp³-hybridized carbons (Fsp3) is 0.462. The van der Waals surface area contributed by atoms with Gasteiger partial charge in [-0.05, 0) is 24.6 Å². The van der Waals surface area contributed by atoms with Crippen molar-refractivity contribution >= 4 is 16.0 Å². The second-order valence-electron chi connectivity index (χ2n) is 4.74. The van der Waals surface area contributed by atoms with Crippen LogP contribution in [0.1, 0.15) is 16.8 Å². The number of rotatable bonds is 5. The summed E-state index contributed by atoms with van der Waals surface area (Å²) in [7, 11) is -2.52. The van der Waals surface area contributed by atoms with Gasteiger partial charge in [0.2, 0.25) is 10.0 Å². The molecule has 1 aromatic carbocycles. The molecule has 1 fully saturated rings. The molecule has 1 unspecified atom stereocenters. The monoisotopic (exact) mass is 315 g/mol. The number of primary sulfonamides is 1. The van der Waals surface area contributed by atoms with E-state index in [1.165, 1.54) is 19.2 Å². The zero-order valence-electron chi connectivity index (χ0n) is 11.6. The molecule has 8 heteroatoms. The maximum Gasteiger partial charge on any atom is 0.341 e. The molecule has 1 atom stereocenters. The molecule has 0 amide bonds. The normalized spacial score (nSPS) is 18.5. The van der Waals surface area contributed by atoms with Crippen LogP contribution >= 0.6 is 0 Å². The number of esters is 1. The number of benzene rings is 1. The third-order valence-corrected chi connectivity index (χ3v) is 4.10. The number of methoxy groups -OCH3 is 1. The number of sulfonamides is 1. The highest BCUT2D eigenvalue weighted by atomic mass is 32.2. The highest BCUT2D eigenvalue weighted by Gasteiger charge is 2.21. The van der Waals surface area contributed by atoms with Gasteiger partial charge in [0.15, 0.2) is 0 Å². The van der Waals surface area contributed by atoms with Crippen molar-refractivity contribution in [3.8, 4) is 5.75 Å². The Hall–Kier alpha value is -1.64. The van der Waals surface area contributed by atoms with Crippen LogP contribution in [0, 0.1) is 5.92 Å². The average molecular weight is 315 g/mol. The van der Waals surface area contributed by atoms with Crippen molar-refractivity contribution < 1.29 is 27.4 Å². The molecule has 1 aromatic rings. The molecule has 0 bridgehead atoms. The molecule has 116 valence electrons. The molecule has 7 nitrogen and oxygen atoms in total. The summed E-state index contributed by atoms with van der Waals surface area (Å²) in [5, 5.41) is 5.05. The summed E-state index contributed by atoms with van der Waals surface area (Å²) in [5.41, 5.74) is 0.0305. The molecular weight excluding hydrogens is 298 g/mol. The SMILES string of the molecule is COc1ccc(S(N)(=O)=O)cc1C(=O)OCC1CCOC1. The first kappa shape index (κ1) is 15.7. The standard InChI is InChI=1S/C13H17NO6S/c1-18-12-3-2-10(21(14,16)17)6-11(12)13(15)20-8-9-4-5-19-7-9/h2-3,6,9H,4-5,7-8H2,1H3,(H2,14,16,17). The minimum absolute atomic E-state index is 0.0305. The Morgan fingerprint density at radius 2 is 2.24 bits per heavy atom. The van der Waals surface area contributed by atoms with Gasteiger partial charge in [-0.3, -0.25) is 0 Å². The molecule has 0 saturated carbocycles. The van der Waals surface area contributed by atoms with Crippen molar-refractivity contribution in [2.45, 2.75) is 11.3 Å². The first-order chi connectivity index (χ1) is 9.91. The second-order valence-corrected chi connectivity index (χ2v) is 6.30. The van der Waals surface area contributed by atoms with E-state index < -0.39 is 16.0 Å². The van der Waals surface area contributed by atoms with Gasteiger partial charge in [0.25, 0.3) is 0 Å². The molecule has 2 N–H and O–H groups in total. The summed E-state index contributed by atoms with van der Waals surface area (Å²) >= 11 is 0. The van der Waals surface area contributed by atoms with Crippen molar-refractivity contribution in [3.63, 3.8) is 0 Å². The van der Waals surface area contributed by atoms with Gasteiger partial charge >= 0.3 is 5.97 Å². The fourth-order valence-corrected chi connectivity index (χ4v) is 2.55. The van der Waals surface area contributed by atoms with Crippen LogP contribution in [0.25, 0.3) is 0 Å². The molecule has 0 aliphatic carbocycles. The number of nitrogens with two attached hydrogens (primary N) is 1. The number of carbonyl (C=O) groups excluding carboxylic acids is 1. The van der Waals surface area contributed by atoms with Gasteiger partial charge in [0.1, 0.15) is 11.3 Å². The molecular formula is C13H17NO6S. The zero-order valence-corrected chi connectivity index (χ0v) is 12.4. The Bertz CT molecular complexity index is 622. The van der Waals surface area contributed by atoms with Crippen molar-refractivity contribution in [1.29, 1.82) is 0 Å². The Morgan fingerprint density at radius 1 is 1.48 bits per heavy atom. The Labute approximate surface area is 123 Å². The number of hydrogen-bond acceptors (Lipinski definition) is 6. The third-order valence-electron chi connectivity index (χ3n) is 3.19. The van der Waals surface area contributed by atoms with Crippen LogP contribution in [0.15, 0.2) is 23.1 Å². The predicted molar refractivity (Wildman–Crippen MR) is 73.6 cm³/mol. The Balaban J connectivity index is 2.17. The first-order valence-electron chi connectivity index (χ1n) is 6.37. The molecule has 1 saturated heterocycles. The van der Waals surface area contributed by atoms with E-state index in [1.54, 1.807) is 0 Å². The van der Waals surface area contributed by atoms with E-state index in [0.717, 1.165) is 12.5 Å². The molecule has 1 aliphatic heterocycles. The summed E-state index contributed by atoms with van der Waals surface area (Å²) in [5.74, 6) is -0.249. The van der Waals surface area contributed by atoms with Crippen LogP contribution in [-0.2, 0) is 19.5 Å². The van der Waals surface area contributed by atoms with Crippen LogP contribution < -0.4 is 9.88 Å². The average Bonchev–Trinajstić information content (AvgIpc) is 2.96. The number of carbonyl (C=O) groups is 1. The molecule has 1 heterocycles. The van der Waals surface area contributed by atoms with E-state index in [1.807, 2.05) is 0 Å². The summed E-state index contributed by atoms with van der Waals surface area (Å²) in [6.07, 6.45) is 0.835. The van der Waals surface area contributed by atoms with Gasteiger partial charge in [-0.25, -0.2) is 18.4 Å². The van der Waals surface area contributed by atoms with Crippen molar-refractivity contribution in [2.24, 2.45) is 11.1 Å². The lowest BCUT2D eigenvalue weighted by Gasteiger charge is -2.12. The van der Waals surface area contributed by atoms with Gasteiger partial charge in [0.05, 0.1) is 25.2 Å². The quantitative estimate of drug-likeness (QED) is 0.795. The van der Waals surface area contributed by atoms with Crippen LogP contribution in [-0.4, -0.2) is 41.3 Å². The number of ether oxygens (including phenoxy) is 3. The second kappa shape index (κ2) is 6.42. The smallest absolute Gasteiger partial charge is 0.341 e. The van der Waals surface area contributed by atoms with Gasteiger partial charge in [-0.1, -0.05) is 0 Å².